The Labute approximate surface area is 189 Å². The number of ether oxygens (including phenoxy) is 1. The van der Waals surface area contributed by atoms with Crippen LogP contribution in [-0.4, -0.2) is 47.1 Å². The van der Waals surface area contributed by atoms with E-state index in [1.54, 1.807) is 13.2 Å². The highest BCUT2D eigenvalue weighted by molar-refractivity contribution is 8.18. The van der Waals surface area contributed by atoms with Crippen molar-refractivity contribution in [1.82, 2.24) is 15.2 Å². The molecule has 0 bridgehead atoms. The van der Waals surface area contributed by atoms with Gasteiger partial charge in [-0.2, -0.15) is 0 Å². The molecule has 0 radical (unpaired) electrons. The second kappa shape index (κ2) is 9.74. The smallest absolute Gasteiger partial charge is 0.293 e. The topological polar surface area (TPSA) is 91.5 Å². The summed E-state index contributed by atoms with van der Waals surface area (Å²) in [7, 11) is 1.63. The van der Waals surface area contributed by atoms with Crippen molar-refractivity contribution in [3.63, 3.8) is 0 Å². The van der Waals surface area contributed by atoms with Crippen LogP contribution in [0.25, 0.3) is 17.0 Å². The van der Waals surface area contributed by atoms with Crippen LogP contribution in [-0.2, 0) is 16.0 Å². The molecule has 8 heteroatoms. The van der Waals surface area contributed by atoms with Gasteiger partial charge in [0.2, 0.25) is 5.91 Å². The number of benzene rings is 2. The first-order valence-electron chi connectivity index (χ1n) is 10.3. The number of aromatic amines is 1. The molecule has 1 fully saturated rings. The van der Waals surface area contributed by atoms with Gasteiger partial charge in [-0.05, 0) is 53.6 Å². The van der Waals surface area contributed by atoms with E-state index in [0.29, 0.717) is 17.9 Å². The van der Waals surface area contributed by atoms with Crippen LogP contribution in [0.3, 0.4) is 0 Å². The van der Waals surface area contributed by atoms with Crippen LogP contribution < -0.4 is 10.1 Å². The lowest BCUT2D eigenvalue weighted by atomic mass is 10.1. The van der Waals surface area contributed by atoms with Gasteiger partial charge in [-0.15, -0.1) is 0 Å². The molecule has 32 heavy (non-hydrogen) atoms. The van der Waals surface area contributed by atoms with Gasteiger partial charge in [0.05, 0.1) is 12.0 Å². The maximum atomic E-state index is 12.5. The molecule has 0 aliphatic carbocycles. The fraction of sp³-hybridized carbons (Fsp3) is 0.208. The molecule has 3 amide bonds. The Kier molecular flexibility index (Phi) is 6.61. The van der Waals surface area contributed by atoms with Gasteiger partial charge in [0.15, 0.2) is 0 Å². The van der Waals surface area contributed by atoms with E-state index in [2.05, 4.69) is 10.3 Å². The number of thioether (sulfide) groups is 1. The number of fused-ring (bicyclic) bond motifs is 1. The number of rotatable bonds is 8. The summed E-state index contributed by atoms with van der Waals surface area (Å²) in [5, 5.41) is 3.57. The predicted octanol–water partition coefficient (Wildman–Crippen LogP) is 3.96. The highest BCUT2D eigenvalue weighted by atomic mass is 32.2. The first-order valence-corrected chi connectivity index (χ1v) is 11.1. The SMILES string of the molecule is COc1ccc2[nH]cc(CCNC(=O)CCN3C(=O)S/C(=C\c4ccccc4)C3=O)c2c1. The van der Waals surface area contributed by atoms with Gasteiger partial charge in [0.1, 0.15) is 5.75 Å². The number of hydrogen-bond acceptors (Lipinski definition) is 5. The van der Waals surface area contributed by atoms with Crippen LogP contribution in [0.1, 0.15) is 17.5 Å². The fourth-order valence-electron chi connectivity index (χ4n) is 3.52. The van der Waals surface area contributed by atoms with Gasteiger partial charge < -0.3 is 15.0 Å². The van der Waals surface area contributed by atoms with Crippen LogP contribution in [0.2, 0.25) is 0 Å². The molecule has 2 heterocycles. The first-order chi connectivity index (χ1) is 15.5. The Morgan fingerprint density at radius 3 is 2.78 bits per heavy atom. The molecular formula is C24H23N3O4S. The molecule has 1 aliphatic heterocycles. The number of carbonyl (C=O) groups excluding carboxylic acids is 3. The lowest BCUT2D eigenvalue weighted by Crippen LogP contribution is -2.34. The number of H-pyrrole nitrogens is 1. The minimum Gasteiger partial charge on any atom is -0.497 e. The summed E-state index contributed by atoms with van der Waals surface area (Å²) in [6.07, 6.45) is 4.34. The van der Waals surface area contributed by atoms with Gasteiger partial charge in [0, 0.05) is 36.6 Å². The quantitative estimate of drug-likeness (QED) is 0.508. The molecule has 1 aliphatic rings. The van der Waals surface area contributed by atoms with E-state index < -0.39 is 0 Å². The van der Waals surface area contributed by atoms with E-state index in [0.717, 1.165) is 44.4 Å². The van der Waals surface area contributed by atoms with Gasteiger partial charge in [-0.25, -0.2) is 0 Å². The van der Waals surface area contributed by atoms with E-state index in [-0.39, 0.29) is 30.0 Å². The zero-order chi connectivity index (χ0) is 22.5. The summed E-state index contributed by atoms with van der Waals surface area (Å²) in [4.78, 5) is 41.8. The van der Waals surface area contributed by atoms with Crippen LogP contribution in [0, 0.1) is 0 Å². The first kappa shape index (κ1) is 21.7. The maximum absolute atomic E-state index is 12.5. The highest BCUT2D eigenvalue weighted by Gasteiger charge is 2.34. The molecule has 3 aromatic rings. The second-order valence-electron chi connectivity index (χ2n) is 7.32. The summed E-state index contributed by atoms with van der Waals surface area (Å²) in [6.45, 7) is 0.520. The van der Waals surface area contributed by atoms with Crippen molar-refractivity contribution in [2.24, 2.45) is 0 Å². The van der Waals surface area contributed by atoms with Gasteiger partial charge >= 0.3 is 0 Å². The van der Waals surface area contributed by atoms with Crippen molar-refractivity contribution in [2.75, 3.05) is 20.2 Å². The Hall–Kier alpha value is -3.52. The third kappa shape index (κ3) is 4.86. The second-order valence-corrected chi connectivity index (χ2v) is 8.31. The third-order valence-electron chi connectivity index (χ3n) is 5.22. The average molecular weight is 450 g/mol. The molecule has 4 rings (SSSR count). The zero-order valence-electron chi connectivity index (χ0n) is 17.6. The van der Waals surface area contributed by atoms with Gasteiger partial charge in [-0.1, -0.05) is 30.3 Å². The van der Waals surface area contributed by atoms with Crippen LogP contribution in [0.15, 0.2) is 59.6 Å². The molecule has 1 saturated heterocycles. The molecular weight excluding hydrogens is 426 g/mol. The van der Waals surface area contributed by atoms with E-state index in [4.69, 9.17) is 4.74 Å². The largest absolute Gasteiger partial charge is 0.497 e. The Balaban J connectivity index is 1.27. The molecule has 164 valence electrons. The molecule has 0 saturated carbocycles. The number of aromatic nitrogens is 1. The van der Waals surface area contributed by atoms with E-state index >= 15 is 0 Å². The highest BCUT2D eigenvalue weighted by Crippen LogP contribution is 2.32. The Morgan fingerprint density at radius 2 is 2.00 bits per heavy atom. The zero-order valence-corrected chi connectivity index (χ0v) is 18.4. The van der Waals surface area contributed by atoms with E-state index in [1.165, 1.54) is 0 Å². The maximum Gasteiger partial charge on any atom is 0.293 e. The number of hydrogen-bond donors (Lipinski definition) is 2. The standard InChI is InChI=1S/C24H23N3O4S/c1-31-18-7-8-20-19(14-18)17(15-26-20)9-11-25-22(28)10-12-27-23(29)21(32-24(27)30)13-16-5-3-2-4-6-16/h2-8,13-15,26H,9-12H2,1H3,(H,25,28)/b21-13-. The van der Waals surface area contributed by atoms with Crippen molar-refractivity contribution in [2.45, 2.75) is 12.8 Å². The minimum absolute atomic E-state index is 0.0624. The summed E-state index contributed by atoms with van der Waals surface area (Å²) >= 11 is 0.902. The van der Waals surface area contributed by atoms with Crippen molar-refractivity contribution >= 4 is 45.8 Å². The average Bonchev–Trinajstić information content (AvgIpc) is 3.32. The lowest BCUT2D eigenvalue weighted by Gasteiger charge is -2.12. The third-order valence-corrected chi connectivity index (χ3v) is 6.13. The summed E-state index contributed by atoms with van der Waals surface area (Å²) in [6, 6.07) is 15.2. The van der Waals surface area contributed by atoms with Gasteiger partial charge in [-0.3, -0.25) is 19.3 Å². The Bertz CT molecular complexity index is 1190. The summed E-state index contributed by atoms with van der Waals surface area (Å²) in [5.74, 6) is 0.221. The van der Waals surface area contributed by atoms with Gasteiger partial charge in [0.25, 0.3) is 11.1 Å². The fourth-order valence-corrected chi connectivity index (χ4v) is 4.39. The minimum atomic E-state index is -0.357. The van der Waals surface area contributed by atoms with Crippen molar-refractivity contribution < 1.29 is 19.1 Å². The number of nitrogens with one attached hydrogen (secondary N) is 2. The monoisotopic (exact) mass is 449 g/mol. The molecule has 2 aromatic carbocycles. The molecule has 1 aromatic heterocycles. The van der Waals surface area contributed by atoms with Crippen LogP contribution >= 0.6 is 11.8 Å². The molecule has 0 unspecified atom stereocenters. The van der Waals surface area contributed by atoms with Crippen LogP contribution in [0.5, 0.6) is 5.75 Å². The number of carbonyl (C=O) groups is 3. The van der Waals surface area contributed by atoms with E-state index in [9.17, 15) is 14.4 Å². The predicted molar refractivity (Wildman–Crippen MR) is 125 cm³/mol. The normalized spacial score (nSPS) is 15.0. The summed E-state index contributed by atoms with van der Waals surface area (Å²) < 4.78 is 5.28. The number of nitrogens with zero attached hydrogens (tertiary/aromatic N) is 1. The Morgan fingerprint density at radius 1 is 1.19 bits per heavy atom. The number of imide groups is 1. The van der Waals surface area contributed by atoms with E-state index in [1.807, 2.05) is 54.7 Å². The summed E-state index contributed by atoms with van der Waals surface area (Å²) in [5.41, 5.74) is 2.94. The molecule has 0 spiro atoms. The molecule has 7 nitrogen and oxygen atoms in total. The number of methoxy groups -OCH3 is 1. The van der Waals surface area contributed by atoms with Crippen LogP contribution in [0.4, 0.5) is 4.79 Å². The lowest BCUT2D eigenvalue weighted by molar-refractivity contribution is -0.124. The molecule has 0 atom stereocenters. The van der Waals surface area contributed by atoms with Crippen molar-refractivity contribution in [1.29, 1.82) is 0 Å². The van der Waals surface area contributed by atoms with Crippen molar-refractivity contribution in [3.8, 4) is 5.75 Å². The number of amides is 3. The van der Waals surface area contributed by atoms with Crippen molar-refractivity contribution in [3.05, 3.63) is 70.8 Å². The molecule has 2 N–H and O–H groups in total.